The van der Waals surface area contributed by atoms with Gasteiger partial charge in [-0.2, -0.15) is 0 Å². The summed E-state index contributed by atoms with van der Waals surface area (Å²) in [6.07, 6.45) is 5.80. The lowest BCUT2D eigenvalue weighted by molar-refractivity contribution is 0.0889. The largest absolute Gasteiger partial charge is 0.392 e. The first-order chi connectivity index (χ1) is 7.83. The molecule has 0 saturated carbocycles. The van der Waals surface area contributed by atoms with Gasteiger partial charge in [0.25, 0.3) is 0 Å². The van der Waals surface area contributed by atoms with E-state index in [0.717, 1.165) is 37.4 Å². The molecule has 0 radical (unpaired) electrons. The molecule has 2 heterocycles. The van der Waals surface area contributed by atoms with Gasteiger partial charge in [-0.3, -0.25) is 0 Å². The molecule has 2 rings (SSSR count). The predicted molar refractivity (Wildman–Crippen MR) is 60.2 cm³/mol. The third-order valence-corrected chi connectivity index (χ3v) is 2.87. The minimum atomic E-state index is -0.0129. The SMILES string of the molecule is COC1CCCN(c2ncc(CO)cn2)C1. The first-order valence-corrected chi connectivity index (χ1v) is 5.53. The van der Waals surface area contributed by atoms with Crippen molar-refractivity contribution in [3.05, 3.63) is 18.0 Å². The molecule has 1 unspecified atom stereocenters. The number of piperidine rings is 1. The maximum Gasteiger partial charge on any atom is 0.225 e. The number of methoxy groups -OCH3 is 1. The third-order valence-electron chi connectivity index (χ3n) is 2.87. The van der Waals surface area contributed by atoms with E-state index in [1.165, 1.54) is 0 Å². The lowest BCUT2D eigenvalue weighted by atomic mass is 10.1. The van der Waals surface area contributed by atoms with Crippen LogP contribution in [0.5, 0.6) is 0 Å². The van der Waals surface area contributed by atoms with Gasteiger partial charge in [-0.15, -0.1) is 0 Å². The molecule has 1 atom stereocenters. The highest BCUT2D eigenvalue weighted by atomic mass is 16.5. The summed E-state index contributed by atoms with van der Waals surface area (Å²) in [7, 11) is 1.74. The zero-order chi connectivity index (χ0) is 11.4. The van der Waals surface area contributed by atoms with Crippen LogP contribution >= 0.6 is 0 Å². The third kappa shape index (κ3) is 2.48. The van der Waals surface area contributed by atoms with E-state index in [0.29, 0.717) is 0 Å². The Bertz CT molecular complexity index is 329. The molecule has 1 N–H and O–H groups in total. The van der Waals surface area contributed by atoms with Crippen molar-refractivity contribution in [2.45, 2.75) is 25.6 Å². The van der Waals surface area contributed by atoms with Gasteiger partial charge in [0.2, 0.25) is 5.95 Å². The van der Waals surface area contributed by atoms with Crippen molar-refractivity contribution >= 4 is 5.95 Å². The Kier molecular flexibility index (Phi) is 3.69. The van der Waals surface area contributed by atoms with E-state index in [9.17, 15) is 0 Å². The number of aliphatic hydroxyl groups is 1. The minimum Gasteiger partial charge on any atom is -0.392 e. The van der Waals surface area contributed by atoms with Crippen LogP contribution < -0.4 is 4.90 Å². The predicted octanol–water partition coefficient (Wildman–Crippen LogP) is 0.584. The fraction of sp³-hybridized carbons (Fsp3) is 0.636. The first kappa shape index (κ1) is 11.3. The summed E-state index contributed by atoms with van der Waals surface area (Å²) in [5.74, 6) is 0.721. The summed E-state index contributed by atoms with van der Waals surface area (Å²) in [5.41, 5.74) is 0.740. The van der Waals surface area contributed by atoms with Gasteiger partial charge < -0.3 is 14.7 Å². The summed E-state index contributed by atoms with van der Waals surface area (Å²) in [4.78, 5) is 10.6. The fourth-order valence-electron chi connectivity index (χ4n) is 1.91. The van der Waals surface area contributed by atoms with Crippen molar-refractivity contribution in [1.82, 2.24) is 9.97 Å². The standard InChI is InChI=1S/C11H17N3O2/c1-16-10-3-2-4-14(7-10)11-12-5-9(8-15)6-13-11/h5-6,10,15H,2-4,7-8H2,1H3. The number of hydrogen-bond acceptors (Lipinski definition) is 5. The van der Waals surface area contributed by atoms with Crippen LogP contribution in [-0.2, 0) is 11.3 Å². The van der Waals surface area contributed by atoms with E-state index in [4.69, 9.17) is 9.84 Å². The quantitative estimate of drug-likeness (QED) is 0.812. The lowest BCUT2D eigenvalue weighted by Gasteiger charge is -2.31. The summed E-state index contributed by atoms with van der Waals surface area (Å²) in [6.45, 7) is 1.80. The summed E-state index contributed by atoms with van der Waals surface area (Å²) in [5, 5.41) is 8.91. The molecule has 0 amide bonds. The second kappa shape index (κ2) is 5.23. The number of ether oxygens (including phenoxy) is 1. The van der Waals surface area contributed by atoms with Crippen LogP contribution in [0.2, 0.25) is 0 Å². The molecule has 1 fully saturated rings. The Balaban J connectivity index is 2.05. The summed E-state index contributed by atoms with van der Waals surface area (Å²) in [6, 6.07) is 0. The van der Waals surface area contributed by atoms with Crippen LogP contribution in [0.15, 0.2) is 12.4 Å². The highest BCUT2D eigenvalue weighted by Crippen LogP contribution is 2.17. The molecule has 0 spiro atoms. The molecule has 1 aromatic heterocycles. The molecule has 1 aliphatic rings. The van der Waals surface area contributed by atoms with Crippen LogP contribution in [0.4, 0.5) is 5.95 Å². The fourth-order valence-corrected chi connectivity index (χ4v) is 1.91. The second-order valence-corrected chi connectivity index (χ2v) is 4.00. The molecular weight excluding hydrogens is 206 g/mol. The number of anilines is 1. The topological polar surface area (TPSA) is 58.5 Å². The van der Waals surface area contributed by atoms with E-state index < -0.39 is 0 Å². The Morgan fingerprint density at radius 1 is 1.50 bits per heavy atom. The number of aromatic nitrogens is 2. The van der Waals surface area contributed by atoms with E-state index in [-0.39, 0.29) is 12.7 Å². The van der Waals surface area contributed by atoms with Crippen LogP contribution in [0, 0.1) is 0 Å². The Hall–Kier alpha value is -1.20. The van der Waals surface area contributed by atoms with Gasteiger partial charge in [-0.25, -0.2) is 9.97 Å². The molecule has 1 aliphatic heterocycles. The van der Waals surface area contributed by atoms with Crippen molar-refractivity contribution in [2.75, 3.05) is 25.1 Å². The molecule has 1 saturated heterocycles. The van der Waals surface area contributed by atoms with Gasteiger partial charge in [-0.05, 0) is 12.8 Å². The van der Waals surface area contributed by atoms with Gasteiger partial charge in [-0.1, -0.05) is 0 Å². The van der Waals surface area contributed by atoms with E-state index in [1.54, 1.807) is 19.5 Å². The van der Waals surface area contributed by atoms with E-state index in [1.807, 2.05) is 0 Å². The van der Waals surface area contributed by atoms with E-state index >= 15 is 0 Å². The maximum atomic E-state index is 8.91. The zero-order valence-electron chi connectivity index (χ0n) is 9.46. The highest BCUT2D eigenvalue weighted by molar-refractivity contribution is 5.30. The van der Waals surface area contributed by atoms with Crippen molar-refractivity contribution in [3.8, 4) is 0 Å². The molecule has 0 bridgehead atoms. The van der Waals surface area contributed by atoms with Crippen LogP contribution in [0.3, 0.4) is 0 Å². The monoisotopic (exact) mass is 223 g/mol. The maximum absolute atomic E-state index is 8.91. The molecular formula is C11H17N3O2. The molecule has 0 aliphatic carbocycles. The Morgan fingerprint density at radius 2 is 2.25 bits per heavy atom. The Morgan fingerprint density at radius 3 is 2.88 bits per heavy atom. The number of rotatable bonds is 3. The van der Waals surface area contributed by atoms with Crippen molar-refractivity contribution in [1.29, 1.82) is 0 Å². The van der Waals surface area contributed by atoms with Crippen LogP contribution in [0.25, 0.3) is 0 Å². The molecule has 5 nitrogen and oxygen atoms in total. The molecule has 88 valence electrons. The normalized spacial score (nSPS) is 21.1. The highest BCUT2D eigenvalue weighted by Gasteiger charge is 2.21. The van der Waals surface area contributed by atoms with Gasteiger partial charge >= 0.3 is 0 Å². The number of hydrogen-bond donors (Lipinski definition) is 1. The first-order valence-electron chi connectivity index (χ1n) is 5.53. The molecule has 16 heavy (non-hydrogen) atoms. The number of aliphatic hydroxyl groups excluding tert-OH is 1. The average molecular weight is 223 g/mol. The van der Waals surface area contributed by atoms with E-state index in [2.05, 4.69) is 14.9 Å². The van der Waals surface area contributed by atoms with Crippen molar-refractivity contribution in [3.63, 3.8) is 0 Å². The summed E-state index contributed by atoms with van der Waals surface area (Å²) < 4.78 is 5.35. The molecule has 0 aromatic carbocycles. The van der Waals surface area contributed by atoms with Gasteiger partial charge in [0.15, 0.2) is 0 Å². The van der Waals surface area contributed by atoms with Gasteiger partial charge in [0, 0.05) is 38.2 Å². The van der Waals surface area contributed by atoms with Crippen LogP contribution in [-0.4, -0.2) is 41.4 Å². The zero-order valence-corrected chi connectivity index (χ0v) is 9.46. The second-order valence-electron chi connectivity index (χ2n) is 4.00. The minimum absolute atomic E-state index is 0.0129. The van der Waals surface area contributed by atoms with Crippen LogP contribution in [0.1, 0.15) is 18.4 Å². The van der Waals surface area contributed by atoms with Crippen molar-refractivity contribution in [2.24, 2.45) is 0 Å². The average Bonchev–Trinajstić information content (AvgIpc) is 2.39. The van der Waals surface area contributed by atoms with Gasteiger partial charge in [0.05, 0.1) is 12.7 Å². The lowest BCUT2D eigenvalue weighted by Crippen LogP contribution is -2.40. The Labute approximate surface area is 95.1 Å². The van der Waals surface area contributed by atoms with Gasteiger partial charge in [0.1, 0.15) is 0 Å². The summed E-state index contributed by atoms with van der Waals surface area (Å²) >= 11 is 0. The smallest absolute Gasteiger partial charge is 0.225 e. The number of nitrogens with zero attached hydrogens (tertiary/aromatic N) is 3. The van der Waals surface area contributed by atoms with Crippen molar-refractivity contribution < 1.29 is 9.84 Å². The molecule has 5 heteroatoms. The molecule has 1 aromatic rings.